The van der Waals surface area contributed by atoms with Crippen LogP contribution in [0.3, 0.4) is 0 Å². The number of aromatic nitrogens is 3. The van der Waals surface area contributed by atoms with Gasteiger partial charge in [0.2, 0.25) is 0 Å². The van der Waals surface area contributed by atoms with Crippen LogP contribution in [0.1, 0.15) is 11.1 Å². The summed E-state index contributed by atoms with van der Waals surface area (Å²) in [4.78, 5) is -0.342. The number of rotatable bonds is 8. The van der Waals surface area contributed by atoms with Gasteiger partial charge in [-0.2, -0.15) is 13.9 Å². The van der Waals surface area contributed by atoms with E-state index in [4.69, 9.17) is 14.0 Å². The lowest BCUT2D eigenvalue weighted by atomic mass is 10.1. The number of benzene rings is 2. The summed E-state index contributed by atoms with van der Waals surface area (Å²) in [7, 11) is -1.59. The number of fused-ring (bicyclic) bond motifs is 1. The van der Waals surface area contributed by atoms with E-state index in [0.29, 0.717) is 23.8 Å². The normalized spacial score (nSPS) is 11.4. The second-order valence-electron chi connectivity index (χ2n) is 6.86. The van der Waals surface area contributed by atoms with Gasteiger partial charge < -0.3 is 14.0 Å². The molecule has 0 spiro atoms. The second-order valence-corrected chi connectivity index (χ2v) is 8.51. The molecule has 0 atom stereocenters. The molecule has 2 aromatic heterocycles. The largest absolute Gasteiger partial charge is 0.496 e. The number of sulfonamides is 1. The van der Waals surface area contributed by atoms with Gasteiger partial charge in [0.1, 0.15) is 21.8 Å². The lowest BCUT2D eigenvalue weighted by molar-refractivity contribution is 0.402. The van der Waals surface area contributed by atoms with E-state index in [-0.39, 0.29) is 27.6 Å². The Hall–Kier alpha value is -3.93. The summed E-state index contributed by atoms with van der Waals surface area (Å²) < 4.78 is 71.5. The number of hydrogen-bond donors (Lipinski definition) is 1. The van der Waals surface area contributed by atoms with Crippen molar-refractivity contribution in [2.75, 3.05) is 18.9 Å². The first-order valence-corrected chi connectivity index (χ1v) is 11.0. The molecule has 0 fully saturated rings. The summed E-state index contributed by atoms with van der Waals surface area (Å²) in [5.74, 6) is 0.184. The first-order valence-electron chi connectivity index (χ1n) is 9.48. The summed E-state index contributed by atoms with van der Waals surface area (Å²) in [6.07, 6.45) is 2.03. The lowest BCUT2D eigenvalue weighted by Gasteiger charge is -2.12. The van der Waals surface area contributed by atoms with Gasteiger partial charge >= 0.3 is 0 Å². The van der Waals surface area contributed by atoms with Gasteiger partial charge in [-0.05, 0) is 41.5 Å². The average molecular weight is 476 g/mol. The molecule has 0 unspecified atom stereocenters. The number of anilines is 1. The first-order chi connectivity index (χ1) is 15.8. The lowest BCUT2D eigenvalue weighted by Crippen LogP contribution is -2.15. The van der Waals surface area contributed by atoms with Crippen LogP contribution in [0.4, 0.5) is 14.6 Å². The maximum Gasteiger partial charge on any atom is 0.270 e. The van der Waals surface area contributed by atoms with Crippen molar-refractivity contribution in [3.63, 3.8) is 0 Å². The van der Waals surface area contributed by atoms with Crippen LogP contribution < -0.4 is 14.2 Å². The Morgan fingerprint density at radius 3 is 2.64 bits per heavy atom. The molecule has 4 aromatic rings. The van der Waals surface area contributed by atoms with Gasteiger partial charge in [-0.3, -0.25) is 9.40 Å². The smallest absolute Gasteiger partial charge is 0.270 e. The minimum atomic E-state index is -4.29. The summed E-state index contributed by atoms with van der Waals surface area (Å²) >= 11 is 0. The number of nitrogens with one attached hydrogen (secondary N) is 1. The number of nitrogens with zero attached hydrogens (tertiary/aromatic N) is 3. The maximum absolute atomic E-state index is 13.1. The Kier molecular flexibility index (Phi) is 6.01. The quantitative estimate of drug-likeness (QED) is 0.407. The van der Waals surface area contributed by atoms with Crippen molar-refractivity contribution in [3.05, 3.63) is 66.0 Å². The van der Waals surface area contributed by atoms with Crippen molar-refractivity contribution >= 4 is 32.9 Å². The van der Waals surface area contributed by atoms with E-state index in [1.165, 1.54) is 26.4 Å². The zero-order chi connectivity index (χ0) is 23.6. The molecule has 0 amide bonds. The van der Waals surface area contributed by atoms with Gasteiger partial charge in [0, 0.05) is 18.5 Å². The highest BCUT2D eigenvalue weighted by atomic mass is 32.2. The average Bonchev–Trinajstić information content (AvgIpc) is 3.42. The number of ether oxygens (including phenoxy) is 2. The Balaban J connectivity index is 1.73. The van der Waals surface area contributed by atoms with E-state index in [2.05, 4.69) is 15.0 Å². The van der Waals surface area contributed by atoms with E-state index in [0.717, 1.165) is 11.6 Å². The van der Waals surface area contributed by atoms with Gasteiger partial charge in [0.05, 0.1) is 20.8 Å². The van der Waals surface area contributed by atoms with Crippen molar-refractivity contribution < 1.29 is 31.2 Å². The Morgan fingerprint density at radius 2 is 1.97 bits per heavy atom. The van der Waals surface area contributed by atoms with E-state index in [1.54, 1.807) is 35.3 Å². The second kappa shape index (κ2) is 8.90. The standard InChI is InChI=1S/C21H18F2N4O5S/c1-30-15-5-4-13(11-19(22)23)10-18(15)33(28,29)26-21-20-16(31-2)8-14(9-17(20)32-25-21)12-27-7-3-6-24-27/h3-11H,12H2,1-2H3,(H,25,26). The number of halogens is 2. The molecule has 0 radical (unpaired) electrons. The Bertz CT molecular complexity index is 1430. The fourth-order valence-corrected chi connectivity index (χ4v) is 4.51. The number of methoxy groups -OCH3 is 2. The van der Waals surface area contributed by atoms with Crippen molar-refractivity contribution in [2.24, 2.45) is 0 Å². The van der Waals surface area contributed by atoms with Crippen molar-refractivity contribution in [2.45, 2.75) is 11.4 Å². The van der Waals surface area contributed by atoms with E-state index < -0.39 is 16.1 Å². The van der Waals surface area contributed by atoms with Gasteiger partial charge in [0.15, 0.2) is 11.4 Å². The highest BCUT2D eigenvalue weighted by Gasteiger charge is 2.25. The van der Waals surface area contributed by atoms with Crippen LogP contribution in [0.15, 0.2) is 64.3 Å². The molecule has 2 heterocycles. The molecule has 9 nitrogen and oxygen atoms in total. The molecule has 0 saturated heterocycles. The van der Waals surface area contributed by atoms with Gasteiger partial charge in [0.25, 0.3) is 16.1 Å². The molecule has 4 rings (SSSR count). The van der Waals surface area contributed by atoms with Gasteiger partial charge in [-0.1, -0.05) is 11.2 Å². The van der Waals surface area contributed by atoms with Crippen molar-refractivity contribution in [3.8, 4) is 11.5 Å². The Labute approximate surface area is 187 Å². The fraction of sp³-hybridized carbons (Fsp3) is 0.143. The van der Waals surface area contributed by atoms with E-state index in [1.807, 2.05) is 0 Å². The Morgan fingerprint density at radius 1 is 1.18 bits per heavy atom. The van der Waals surface area contributed by atoms with Gasteiger partial charge in [-0.15, -0.1) is 0 Å². The van der Waals surface area contributed by atoms with Crippen molar-refractivity contribution in [1.82, 2.24) is 14.9 Å². The molecule has 0 saturated carbocycles. The van der Waals surface area contributed by atoms with Crippen LogP contribution in [-0.2, 0) is 16.6 Å². The molecule has 0 aliphatic carbocycles. The molecule has 33 heavy (non-hydrogen) atoms. The van der Waals surface area contributed by atoms with Crippen LogP contribution in [-0.4, -0.2) is 37.6 Å². The topological polar surface area (TPSA) is 108 Å². The van der Waals surface area contributed by atoms with Crippen LogP contribution in [0.25, 0.3) is 17.0 Å². The zero-order valence-electron chi connectivity index (χ0n) is 17.5. The van der Waals surface area contributed by atoms with E-state index in [9.17, 15) is 17.2 Å². The summed E-state index contributed by atoms with van der Waals surface area (Å²) in [5, 5.41) is 8.29. The molecular formula is C21H18F2N4O5S. The SMILES string of the molecule is COc1ccc(C=C(F)F)cc1S(=O)(=O)Nc1noc2cc(Cn3cccn3)cc(OC)c12. The molecular weight excluding hydrogens is 458 g/mol. The third-order valence-corrected chi connectivity index (χ3v) is 6.07. The minimum Gasteiger partial charge on any atom is -0.496 e. The van der Waals surface area contributed by atoms with Crippen LogP contribution >= 0.6 is 0 Å². The summed E-state index contributed by atoms with van der Waals surface area (Å²) in [6.45, 7) is 0.434. The fourth-order valence-electron chi connectivity index (χ4n) is 3.29. The molecule has 172 valence electrons. The zero-order valence-corrected chi connectivity index (χ0v) is 18.3. The monoisotopic (exact) mass is 476 g/mol. The summed E-state index contributed by atoms with van der Waals surface area (Å²) in [5.41, 5.74) is 1.07. The highest BCUT2D eigenvalue weighted by Crippen LogP contribution is 2.36. The van der Waals surface area contributed by atoms with E-state index >= 15 is 0 Å². The van der Waals surface area contributed by atoms with Gasteiger partial charge in [-0.25, -0.2) is 8.42 Å². The van der Waals surface area contributed by atoms with Crippen LogP contribution in [0.5, 0.6) is 11.5 Å². The molecule has 0 aliphatic rings. The maximum atomic E-state index is 13.1. The number of hydrogen-bond acceptors (Lipinski definition) is 7. The van der Waals surface area contributed by atoms with Crippen molar-refractivity contribution in [1.29, 1.82) is 0 Å². The highest BCUT2D eigenvalue weighted by molar-refractivity contribution is 7.92. The first kappa shape index (κ1) is 22.3. The molecule has 1 N–H and O–H groups in total. The molecule has 0 aliphatic heterocycles. The van der Waals surface area contributed by atoms with Crippen LogP contribution in [0, 0.1) is 0 Å². The third-order valence-electron chi connectivity index (χ3n) is 4.71. The minimum absolute atomic E-state index is 0.0120. The van der Waals surface area contributed by atoms with Crippen LogP contribution in [0.2, 0.25) is 0 Å². The summed E-state index contributed by atoms with van der Waals surface area (Å²) in [6, 6.07) is 8.87. The molecule has 2 aromatic carbocycles. The third kappa shape index (κ3) is 4.65. The molecule has 0 bridgehead atoms. The molecule has 12 heteroatoms. The predicted octanol–water partition coefficient (Wildman–Crippen LogP) is 4.13. The predicted molar refractivity (Wildman–Crippen MR) is 116 cm³/mol.